The Morgan fingerprint density at radius 2 is 1.85 bits per heavy atom. The molecule has 20 heavy (non-hydrogen) atoms. The van der Waals surface area contributed by atoms with E-state index in [1.165, 1.54) is 0 Å². The van der Waals surface area contributed by atoms with Gasteiger partial charge in [-0.3, -0.25) is 4.79 Å². The van der Waals surface area contributed by atoms with Gasteiger partial charge in [0, 0.05) is 17.3 Å². The Morgan fingerprint density at radius 3 is 2.60 bits per heavy atom. The lowest BCUT2D eigenvalue weighted by atomic mass is 10.1. The van der Waals surface area contributed by atoms with Crippen LogP contribution in [0.4, 0.5) is 0 Å². The summed E-state index contributed by atoms with van der Waals surface area (Å²) in [5.41, 5.74) is 4.65. The Kier molecular flexibility index (Phi) is 3.17. The molecule has 0 radical (unpaired) electrons. The second-order valence-corrected chi connectivity index (χ2v) is 4.72. The van der Waals surface area contributed by atoms with Crippen LogP contribution in [0.5, 0.6) is 0 Å². The molecule has 0 unspecified atom stereocenters. The normalized spacial score (nSPS) is 10.4. The molecular formula is C17H14N2O. The van der Waals surface area contributed by atoms with Gasteiger partial charge in [0.05, 0.1) is 11.9 Å². The van der Waals surface area contributed by atoms with Gasteiger partial charge >= 0.3 is 0 Å². The van der Waals surface area contributed by atoms with Crippen LogP contribution in [0.3, 0.4) is 0 Å². The summed E-state index contributed by atoms with van der Waals surface area (Å²) in [4.78, 5) is 11.2. The number of aromatic nitrogens is 2. The highest BCUT2D eigenvalue weighted by Crippen LogP contribution is 2.21. The van der Waals surface area contributed by atoms with Crippen LogP contribution in [-0.2, 0) is 0 Å². The molecule has 3 rings (SSSR count). The van der Waals surface area contributed by atoms with E-state index in [9.17, 15) is 4.79 Å². The van der Waals surface area contributed by atoms with Crippen molar-refractivity contribution in [1.82, 2.24) is 9.78 Å². The van der Waals surface area contributed by atoms with Crippen molar-refractivity contribution in [3.05, 3.63) is 72.1 Å². The van der Waals surface area contributed by atoms with E-state index in [0.717, 1.165) is 28.7 Å². The monoisotopic (exact) mass is 262 g/mol. The maximum absolute atomic E-state index is 11.2. The van der Waals surface area contributed by atoms with E-state index < -0.39 is 0 Å². The first-order valence-electron chi connectivity index (χ1n) is 6.44. The van der Waals surface area contributed by atoms with Gasteiger partial charge in [-0.15, -0.1) is 0 Å². The molecule has 0 saturated carbocycles. The molecule has 3 nitrogen and oxygen atoms in total. The first-order chi connectivity index (χ1) is 9.78. The summed E-state index contributed by atoms with van der Waals surface area (Å²) in [5, 5.41) is 4.36. The topological polar surface area (TPSA) is 34.9 Å². The van der Waals surface area contributed by atoms with Crippen LogP contribution in [-0.4, -0.2) is 16.1 Å². The number of rotatable bonds is 3. The predicted molar refractivity (Wildman–Crippen MR) is 79.1 cm³/mol. The first-order valence-corrected chi connectivity index (χ1v) is 6.44. The van der Waals surface area contributed by atoms with E-state index in [2.05, 4.69) is 5.10 Å². The molecular weight excluding hydrogens is 248 g/mol. The molecule has 0 saturated heterocycles. The molecule has 0 N–H and O–H groups in total. The molecule has 1 aromatic heterocycles. The average molecular weight is 262 g/mol. The number of aryl methyl sites for hydroxylation is 1. The first kappa shape index (κ1) is 12.4. The Hall–Kier alpha value is -2.68. The quantitative estimate of drug-likeness (QED) is 0.675. The summed E-state index contributed by atoms with van der Waals surface area (Å²) in [6, 6.07) is 15.8. The Labute approximate surface area is 117 Å². The van der Waals surface area contributed by atoms with Crippen molar-refractivity contribution in [3.8, 4) is 16.8 Å². The second kappa shape index (κ2) is 5.13. The number of hydrogen-bond donors (Lipinski definition) is 0. The van der Waals surface area contributed by atoms with Crippen LogP contribution < -0.4 is 0 Å². The van der Waals surface area contributed by atoms with Crippen LogP contribution in [0.15, 0.2) is 60.9 Å². The third-order valence-corrected chi connectivity index (χ3v) is 3.25. The summed E-state index contributed by atoms with van der Waals surface area (Å²) >= 11 is 0. The summed E-state index contributed by atoms with van der Waals surface area (Å²) < 4.78 is 1.74. The van der Waals surface area contributed by atoms with E-state index in [-0.39, 0.29) is 0 Å². The molecule has 2 aromatic carbocycles. The van der Waals surface area contributed by atoms with Gasteiger partial charge in [-0.25, -0.2) is 4.68 Å². The van der Waals surface area contributed by atoms with Crippen molar-refractivity contribution in [3.63, 3.8) is 0 Å². The minimum atomic E-state index is 0.646. The number of carbonyl (C=O) groups excluding carboxylic acids is 1. The highest BCUT2D eigenvalue weighted by Gasteiger charge is 2.07. The van der Waals surface area contributed by atoms with Gasteiger partial charge in [0.15, 0.2) is 6.29 Å². The standard InChI is InChI=1S/C17H14N2O/c1-13-7-8-17(15(9-13)12-20)19-11-16(10-18-19)14-5-3-2-4-6-14/h2-12H,1H3. The van der Waals surface area contributed by atoms with Crippen molar-refractivity contribution in [2.75, 3.05) is 0 Å². The summed E-state index contributed by atoms with van der Waals surface area (Å²) in [6.07, 6.45) is 4.61. The van der Waals surface area contributed by atoms with Gasteiger partial charge < -0.3 is 0 Å². The number of nitrogens with zero attached hydrogens (tertiary/aromatic N) is 2. The van der Waals surface area contributed by atoms with Crippen LogP contribution in [0.1, 0.15) is 15.9 Å². The molecule has 3 heteroatoms. The molecule has 3 aromatic rings. The Bertz CT molecular complexity index is 745. The van der Waals surface area contributed by atoms with E-state index >= 15 is 0 Å². The number of hydrogen-bond acceptors (Lipinski definition) is 2. The molecule has 1 heterocycles. The van der Waals surface area contributed by atoms with E-state index in [1.54, 1.807) is 4.68 Å². The maximum atomic E-state index is 11.2. The molecule has 0 aliphatic rings. The Balaban J connectivity index is 2.05. The minimum Gasteiger partial charge on any atom is -0.298 e. The molecule has 0 amide bonds. The van der Waals surface area contributed by atoms with E-state index in [4.69, 9.17) is 0 Å². The van der Waals surface area contributed by atoms with Gasteiger partial charge in [-0.05, 0) is 24.6 Å². The highest BCUT2D eigenvalue weighted by atomic mass is 16.1. The van der Waals surface area contributed by atoms with E-state index in [1.807, 2.05) is 67.8 Å². The molecule has 0 fully saturated rings. The third kappa shape index (κ3) is 2.26. The number of benzene rings is 2. The maximum Gasteiger partial charge on any atom is 0.152 e. The van der Waals surface area contributed by atoms with Gasteiger partial charge in [-0.1, -0.05) is 42.0 Å². The lowest BCUT2D eigenvalue weighted by Gasteiger charge is -2.05. The SMILES string of the molecule is Cc1ccc(-n2cc(-c3ccccc3)cn2)c(C=O)c1. The van der Waals surface area contributed by atoms with E-state index in [0.29, 0.717) is 5.56 Å². The zero-order valence-corrected chi connectivity index (χ0v) is 11.2. The predicted octanol–water partition coefficient (Wildman–Crippen LogP) is 3.66. The molecule has 0 atom stereocenters. The molecule has 0 spiro atoms. The molecule has 0 aliphatic heterocycles. The van der Waals surface area contributed by atoms with Crippen molar-refractivity contribution in [1.29, 1.82) is 0 Å². The number of aldehydes is 1. The molecule has 98 valence electrons. The smallest absolute Gasteiger partial charge is 0.152 e. The lowest BCUT2D eigenvalue weighted by Crippen LogP contribution is -1.99. The second-order valence-electron chi connectivity index (χ2n) is 4.72. The fraction of sp³-hybridized carbons (Fsp3) is 0.0588. The lowest BCUT2D eigenvalue weighted by molar-refractivity contribution is 0.112. The largest absolute Gasteiger partial charge is 0.298 e. The summed E-state index contributed by atoms with van der Waals surface area (Å²) in [5.74, 6) is 0. The van der Waals surface area contributed by atoms with Crippen LogP contribution in [0.25, 0.3) is 16.8 Å². The number of carbonyl (C=O) groups is 1. The average Bonchev–Trinajstić information content (AvgIpc) is 2.97. The van der Waals surface area contributed by atoms with Crippen LogP contribution >= 0.6 is 0 Å². The molecule has 0 bridgehead atoms. The van der Waals surface area contributed by atoms with Crippen molar-refractivity contribution in [2.45, 2.75) is 6.92 Å². The van der Waals surface area contributed by atoms with Gasteiger partial charge in [-0.2, -0.15) is 5.10 Å². The Morgan fingerprint density at radius 1 is 1.05 bits per heavy atom. The molecule has 0 aliphatic carbocycles. The van der Waals surface area contributed by atoms with Gasteiger partial charge in [0.1, 0.15) is 0 Å². The highest BCUT2D eigenvalue weighted by molar-refractivity contribution is 5.81. The van der Waals surface area contributed by atoms with Crippen LogP contribution in [0.2, 0.25) is 0 Å². The summed E-state index contributed by atoms with van der Waals surface area (Å²) in [7, 11) is 0. The van der Waals surface area contributed by atoms with Crippen molar-refractivity contribution >= 4 is 6.29 Å². The van der Waals surface area contributed by atoms with Crippen molar-refractivity contribution in [2.24, 2.45) is 0 Å². The summed E-state index contributed by atoms with van der Waals surface area (Å²) in [6.45, 7) is 1.97. The van der Waals surface area contributed by atoms with Crippen LogP contribution in [0, 0.1) is 6.92 Å². The van der Waals surface area contributed by atoms with Gasteiger partial charge in [0.25, 0.3) is 0 Å². The van der Waals surface area contributed by atoms with Gasteiger partial charge in [0.2, 0.25) is 0 Å². The fourth-order valence-corrected chi connectivity index (χ4v) is 2.21. The van der Waals surface area contributed by atoms with Crippen molar-refractivity contribution < 1.29 is 4.79 Å². The third-order valence-electron chi connectivity index (χ3n) is 3.25. The zero-order valence-electron chi connectivity index (χ0n) is 11.2. The zero-order chi connectivity index (χ0) is 13.9. The fourth-order valence-electron chi connectivity index (χ4n) is 2.21. The minimum absolute atomic E-state index is 0.646.